The van der Waals surface area contributed by atoms with Gasteiger partial charge in [0.1, 0.15) is 11.5 Å². The molecule has 0 bridgehead atoms. The van der Waals surface area contributed by atoms with Gasteiger partial charge in [0.05, 0.1) is 26.5 Å². The van der Waals surface area contributed by atoms with Crippen molar-refractivity contribution in [3.05, 3.63) is 53.3 Å². The largest absolute Gasteiger partial charge is 0.497 e. The molecule has 1 aromatic carbocycles. The van der Waals surface area contributed by atoms with E-state index < -0.39 is 0 Å². The summed E-state index contributed by atoms with van der Waals surface area (Å²) in [5, 5.41) is 0. The highest BCUT2D eigenvalue weighted by atomic mass is 16.5. The Morgan fingerprint density at radius 1 is 1.11 bits per heavy atom. The van der Waals surface area contributed by atoms with Crippen LogP contribution in [0.4, 0.5) is 0 Å². The van der Waals surface area contributed by atoms with Gasteiger partial charge in [-0.25, -0.2) is 0 Å². The molecule has 0 fully saturated rings. The third-order valence-electron chi connectivity index (χ3n) is 3.18. The van der Waals surface area contributed by atoms with Crippen molar-refractivity contribution in [1.29, 1.82) is 0 Å². The van der Waals surface area contributed by atoms with E-state index >= 15 is 0 Å². The van der Waals surface area contributed by atoms with E-state index in [1.807, 2.05) is 31.2 Å². The Kier molecular flexibility index (Phi) is 4.02. The molecule has 4 heteroatoms. The van der Waals surface area contributed by atoms with Crippen LogP contribution in [-0.4, -0.2) is 19.2 Å². The maximum absolute atomic E-state index is 6.34. The molecule has 0 spiro atoms. The molecule has 100 valence electrons. The van der Waals surface area contributed by atoms with Crippen LogP contribution in [0, 0.1) is 6.92 Å². The zero-order chi connectivity index (χ0) is 13.8. The predicted octanol–water partition coefficient (Wildman–Crippen LogP) is 2.46. The molecule has 0 saturated heterocycles. The fourth-order valence-corrected chi connectivity index (χ4v) is 2.11. The maximum atomic E-state index is 6.34. The Labute approximate surface area is 113 Å². The van der Waals surface area contributed by atoms with Gasteiger partial charge >= 0.3 is 0 Å². The van der Waals surface area contributed by atoms with Crippen LogP contribution in [0.2, 0.25) is 0 Å². The number of ether oxygens (including phenoxy) is 2. The fraction of sp³-hybridized carbons (Fsp3) is 0.267. The SMILES string of the molecule is COc1ccc(C(N)c2ccncc2OC)c(C)c1. The first kappa shape index (κ1) is 13.4. The molecular formula is C15H18N2O2. The van der Waals surface area contributed by atoms with E-state index in [4.69, 9.17) is 15.2 Å². The predicted molar refractivity (Wildman–Crippen MR) is 74.6 cm³/mol. The highest BCUT2D eigenvalue weighted by Gasteiger charge is 2.16. The summed E-state index contributed by atoms with van der Waals surface area (Å²) in [6.45, 7) is 2.02. The zero-order valence-corrected chi connectivity index (χ0v) is 11.4. The lowest BCUT2D eigenvalue weighted by Gasteiger charge is -2.18. The summed E-state index contributed by atoms with van der Waals surface area (Å²) in [6, 6.07) is 7.51. The van der Waals surface area contributed by atoms with Crippen LogP contribution < -0.4 is 15.2 Å². The van der Waals surface area contributed by atoms with E-state index in [0.29, 0.717) is 5.75 Å². The highest BCUT2D eigenvalue weighted by Crippen LogP contribution is 2.30. The molecule has 2 N–H and O–H groups in total. The molecule has 2 aromatic rings. The number of nitrogens with zero attached hydrogens (tertiary/aromatic N) is 1. The van der Waals surface area contributed by atoms with Crippen molar-refractivity contribution < 1.29 is 9.47 Å². The normalized spacial score (nSPS) is 12.0. The number of aromatic nitrogens is 1. The molecule has 1 atom stereocenters. The molecule has 0 saturated carbocycles. The standard InChI is InChI=1S/C15H18N2O2/c1-10-8-11(18-2)4-5-12(10)15(16)13-6-7-17-9-14(13)19-3/h4-9,15H,16H2,1-3H3. The second kappa shape index (κ2) is 5.71. The lowest BCUT2D eigenvalue weighted by molar-refractivity contribution is 0.405. The number of rotatable bonds is 4. The Hall–Kier alpha value is -2.07. The number of pyridine rings is 1. The van der Waals surface area contributed by atoms with Gasteiger partial charge in [-0.15, -0.1) is 0 Å². The van der Waals surface area contributed by atoms with Gasteiger partial charge in [-0.05, 0) is 36.2 Å². The average molecular weight is 258 g/mol. The van der Waals surface area contributed by atoms with E-state index in [1.165, 1.54) is 0 Å². The van der Waals surface area contributed by atoms with Crippen LogP contribution in [0.5, 0.6) is 11.5 Å². The molecule has 19 heavy (non-hydrogen) atoms. The number of hydrogen-bond acceptors (Lipinski definition) is 4. The number of hydrogen-bond donors (Lipinski definition) is 1. The van der Waals surface area contributed by atoms with Crippen LogP contribution in [-0.2, 0) is 0 Å². The van der Waals surface area contributed by atoms with Gasteiger partial charge in [0, 0.05) is 11.8 Å². The Morgan fingerprint density at radius 2 is 1.89 bits per heavy atom. The van der Waals surface area contributed by atoms with E-state index in [-0.39, 0.29) is 6.04 Å². The van der Waals surface area contributed by atoms with Crippen LogP contribution in [0.15, 0.2) is 36.7 Å². The van der Waals surface area contributed by atoms with Crippen molar-refractivity contribution in [3.63, 3.8) is 0 Å². The van der Waals surface area contributed by atoms with E-state index in [0.717, 1.165) is 22.4 Å². The summed E-state index contributed by atoms with van der Waals surface area (Å²) in [6.07, 6.45) is 3.39. The Morgan fingerprint density at radius 3 is 2.53 bits per heavy atom. The Bertz CT molecular complexity index is 570. The van der Waals surface area contributed by atoms with E-state index in [2.05, 4.69) is 4.98 Å². The zero-order valence-electron chi connectivity index (χ0n) is 11.4. The summed E-state index contributed by atoms with van der Waals surface area (Å²) >= 11 is 0. The first-order chi connectivity index (χ1) is 9.17. The van der Waals surface area contributed by atoms with Gasteiger partial charge in [-0.2, -0.15) is 0 Å². The maximum Gasteiger partial charge on any atom is 0.142 e. The minimum Gasteiger partial charge on any atom is -0.497 e. The van der Waals surface area contributed by atoms with Gasteiger partial charge in [0.15, 0.2) is 0 Å². The Balaban J connectivity index is 2.41. The molecule has 1 heterocycles. The van der Waals surface area contributed by atoms with Crippen molar-refractivity contribution in [1.82, 2.24) is 4.98 Å². The minimum absolute atomic E-state index is 0.246. The van der Waals surface area contributed by atoms with Crippen molar-refractivity contribution >= 4 is 0 Å². The number of benzene rings is 1. The molecular weight excluding hydrogens is 240 g/mol. The molecule has 1 aromatic heterocycles. The van der Waals surface area contributed by atoms with Crippen LogP contribution >= 0.6 is 0 Å². The second-order valence-electron chi connectivity index (χ2n) is 4.32. The smallest absolute Gasteiger partial charge is 0.142 e. The average Bonchev–Trinajstić information content (AvgIpc) is 2.46. The number of nitrogens with two attached hydrogens (primary N) is 1. The second-order valence-corrected chi connectivity index (χ2v) is 4.32. The van der Waals surface area contributed by atoms with E-state index in [9.17, 15) is 0 Å². The molecule has 4 nitrogen and oxygen atoms in total. The van der Waals surface area contributed by atoms with Gasteiger partial charge in [0.2, 0.25) is 0 Å². The van der Waals surface area contributed by atoms with E-state index in [1.54, 1.807) is 26.6 Å². The van der Waals surface area contributed by atoms with Crippen molar-refractivity contribution in [2.75, 3.05) is 14.2 Å². The van der Waals surface area contributed by atoms with Gasteiger partial charge < -0.3 is 15.2 Å². The highest BCUT2D eigenvalue weighted by molar-refractivity contribution is 5.44. The quantitative estimate of drug-likeness (QED) is 0.915. The summed E-state index contributed by atoms with van der Waals surface area (Å²) < 4.78 is 10.5. The molecule has 0 aliphatic carbocycles. The van der Waals surface area contributed by atoms with Crippen LogP contribution in [0.25, 0.3) is 0 Å². The molecule has 0 aliphatic heterocycles. The fourth-order valence-electron chi connectivity index (χ4n) is 2.11. The molecule has 1 unspecified atom stereocenters. The van der Waals surface area contributed by atoms with Crippen LogP contribution in [0.3, 0.4) is 0 Å². The number of aryl methyl sites for hydroxylation is 1. The van der Waals surface area contributed by atoms with Crippen molar-refractivity contribution in [2.24, 2.45) is 5.73 Å². The molecule has 0 amide bonds. The van der Waals surface area contributed by atoms with Gasteiger partial charge in [0.25, 0.3) is 0 Å². The van der Waals surface area contributed by atoms with Crippen molar-refractivity contribution in [2.45, 2.75) is 13.0 Å². The molecule has 0 aliphatic rings. The lowest BCUT2D eigenvalue weighted by atomic mass is 9.96. The van der Waals surface area contributed by atoms with Gasteiger partial charge in [-0.3, -0.25) is 4.98 Å². The topological polar surface area (TPSA) is 57.4 Å². The number of methoxy groups -OCH3 is 2. The summed E-state index contributed by atoms with van der Waals surface area (Å²) in [5.41, 5.74) is 9.39. The first-order valence-electron chi connectivity index (χ1n) is 6.05. The first-order valence-corrected chi connectivity index (χ1v) is 6.05. The third kappa shape index (κ3) is 2.69. The monoisotopic (exact) mass is 258 g/mol. The summed E-state index contributed by atoms with van der Waals surface area (Å²) in [5.74, 6) is 1.53. The van der Waals surface area contributed by atoms with Gasteiger partial charge in [-0.1, -0.05) is 6.07 Å². The van der Waals surface area contributed by atoms with Crippen LogP contribution in [0.1, 0.15) is 22.7 Å². The summed E-state index contributed by atoms with van der Waals surface area (Å²) in [7, 11) is 3.27. The molecule has 2 rings (SSSR count). The molecule has 0 radical (unpaired) electrons. The lowest BCUT2D eigenvalue weighted by Crippen LogP contribution is -2.14. The van der Waals surface area contributed by atoms with Crippen molar-refractivity contribution in [3.8, 4) is 11.5 Å². The minimum atomic E-state index is -0.246. The summed E-state index contributed by atoms with van der Waals surface area (Å²) in [4.78, 5) is 4.04. The third-order valence-corrected chi connectivity index (χ3v) is 3.18.